The summed E-state index contributed by atoms with van der Waals surface area (Å²) in [6.45, 7) is 0. The van der Waals surface area contributed by atoms with Crippen LogP contribution in [0, 0.1) is 11.8 Å². The van der Waals surface area contributed by atoms with E-state index in [-0.39, 0.29) is 4.90 Å². The van der Waals surface area contributed by atoms with Crippen LogP contribution in [0.3, 0.4) is 0 Å². The zero-order valence-corrected chi connectivity index (χ0v) is 15.3. The Bertz CT molecular complexity index is 1200. The molecule has 3 aromatic rings. The molecule has 0 saturated heterocycles. The summed E-state index contributed by atoms with van der Waals surface area (Å²) in [7, 11) is -2.27. The van der Waals surface area contributed by atoms with E-state index in [0.29, 0.717) is 22.4 Å². The molecule has 0 aliphatic rings. The highest BCUT2D eigenvalue weighted by Gasteiger charge is 2.30. The predicted octanol–water partition coefficient (Wildman–Crippen LogP) is 3.15. The summed E-state index contributed by atoms with van der Waals surface area (Å²) < 4.78 is 63.3. The minimum atomic E-state index is -4.46. The van der Waals surface area contributed by atoms with Crippen LogP contribution in [0.2, 0.25) is 0 Å². The van der Waals surface area contributed by atoms with Gasteiger partial charge in [-0.2, -0.15) is 18.3 Å². The van der Waals surface area contributed by atoms with Crippen LogP contribution in [-0.4, -0.2) is 18.2 Å². The number of aromatic nitrogens is 2. The van der Waals surface area contributed by atoms with Crippen LogP contribution in [0.1, 0.15) is 16.7 Å². The quantitative estimate of drug-likeness (QED) is 0.666. The van der Waals surface area contributed by atoms with Gasteiger partial charge in [-0.3, -0.25) is 4.68 Å². The number of hydrogen-bond donors (Lipinski definition) is 1. The van der Waals surface area contributed by atoms with Gasteiger partial charge in [-0.25, -0.2) is 13.6 Å². The van der Waals surface area contributed by atoms with Crippen LogP contribution >= 0.6 is 0 Å². The average molecular weight is 405 g/mol. The molecule has 9 heteroatoms. The van der Waals surface area contributed by atoms with E-state index >= 15 is 0 Å². The first kappa shape index (κ1) is 19.7. The van der Waals surface area contributed by atoms with E-state index in [1.54, 1.807) is 19.2 Å². The van der Waals surface area contributed by atoms with Gasteiger partial charge in [-0.05, 0) is 30.3 Å². The molecule has 0 amide bonds. The highest BCUT2D eigenvalue weighted by molar-refractivity contribution is 7.89. The second-order valence-electron chi connectivity index (χ2n) is 5.93. The van der Waals surface area contributed by atoms with Gasteiger partial charge >= 0.3 is 6.18 Å². The molecule has 5 nitrogen and oxygen atoms in total. The van der Waals surface area contributed by atoms with Gasteiger partial charge in [0.2, 0.25) is 10.0 Å². The average Bonchev–Trinajstić information content (AvgIpc) is 2.99. The Morgan fingerprint density at radius 3 is 2.46 bits per heavy atom. The van der Waals surface area contributed by atoms with E-state index in [1.165, 1.54) is 35.1 Å². The number of primary sulfonamides is 1. The smallest absolute Gasteiger partial charge is 0.267 e. The number of sulfonamides is 1. The largest absolute Gasteiger partial charge is 0.416 e. The monoisotopic (exact) mass is 405 g/mol. The van der Waals surface area contributed by atoms with Gasteiger partial charge in [0.15, 0.2) is 0 Å². The van der Waals surface area contributed by atoms with E-state index in [4.69, 9.17) is 5.14 Å². The molecular weight excluding hydrogens is 391 g/mol. The summed E-state index contributed by atoms with van der Waals surface area (Å²) in [5.41, 5.74) is 0.762. The maximum Gasteiger partial charge on any atom is 0.416 e. The van der Waals surface area contributed by atoms with Crippen LogP contribution in [0.4, 0.5) is 13.2 Å². The second-order valence-corrected chi connectivity index (χ2v) is 7.49. The van der Waals surface area contributed by atoms with Crippen LogP contribution in [0.25, 0.3) is 11.3 Å². The lowest BCUT2D eigenvalue weighted by Gasteiger charge is -2.09. The molecule has 1 heterocycles. The molecule has 0 atom stereocenters. The number of rotatable bonds is 2. The van der Waals surface area contributed by atoms with Crippen molar-refractivity contribution in [2.45, 2.75) is 11.1 Å². The second kappa shape index (κ2) is 7.14. The summed E-state index contributed by atoms with van der Waals surface area (Å²) in [6.07, 6.45) is -3.03. The molecule has 2 N–H and O–H groups in total. The molecule has 28 heavy (non-hydrogen) atoms. The number of alkyl halides is 3. The minimum absolute atomic E-state index is 0.0800. The summed E-state index contributed by atoms with van der Waals surface area (Å²) in [4.78, 5) is -0.0800. The standard InChI is InChI=1S/C19H14F3N3O2S/c1-25-18(14-5-3-6-16(11-14)19(20,21)22)15(12-24-25)9-8-13-4-2-7-17(10-13)28(23,26)27/h2-7,10-12H,1H3,(H2,23,26,27). The molecule has 144 valence electrons. The van der Waals surface area contributed by atoms with Crippen LogP contribution in [0.5, 0.6) is 0 Å². The molecule has 0 unspecified atom stereocenters. The predicted molar refractivity (Wildman–Crippen MR) is 97.4 cm³/mol. The summed E-state index contributed by atoms with van der Waals surface area (Å²) in [5, 5.41) is 9.18. The lowest BCUT2D eigenvalue weighted by atomic mass is 10.0. The van der Waals surface area contributed by atoms with Crippen molar-refractivity contribution in [2.75, 3.05) is 0 Å². The molecule has 0 aliphatic carbocycles. The van der Waals surface area contributed by atoms with Crippen molar-refractivity contribution < 1.29 is 21.6 Å². The molecule has 0 saturated carbocycles. The molecule has 0 bridgehead atoms. The van der Waals surface area contributed by atoms with Crippen molar-refractivity contribution in [3.05, 3.63) is 71.4 Å². The first-order valence-corrected chi connectivity index (χ1v) is 9.45. The number of hydrogen-bond acceptors (Lipinski definition) is 3. The Labute approximate surface area is 159 Å². The SMILES string of the molecule is Cn1ncc(C#Cc2cccc(S(N)(=O)=O)c2)c1-c1cccc(C(F)(F)F)c1. The maximum absolute atomic E-state index is 13.0. The van der Waals surface area contributed by atoms with Crippen molar-refractivity contribution in [1.29, 1.82) is 0 Å². The van der Waals surface area contributed by atoms with E-state index in [2.05, 4.69) is 16.9 Å². The minimum Gasteiger partial charge on any atom is -0.267 e. The Kier molecular flexibility index (Phi) is 5.02. The number of halogens is 3. The highest BCUT2D eigenvalue weighted by atomic mass is 32.2. The zero-order valence-electron chi connectivity index (χ0n) is 14.5. The van der Waals surface area contributed by atoms with Crippen molar-refractivity contribution in [2.24, 2.45) is 12.2 Å². The van der Waals surface area contributed by atoms with Crippen LogP contribution in [-0.2, 0) is 23.2 Å². The number of nitrogens with two attached hydrogens (primary N) is 1. The third kappa shape index (κ3) is 4.24. The first-order chi connectivity index (χ1) is 13.1. The highest BCUT2D eigenvalue weighted by Crippen LogP contribution is 2.32. The third-order valence-corrected chi connectivity index (χ3v) is 4.82. The Morgan fingerprint density at radius 2 is 1.79 bits per heavy atom. The van der Waals surface area contributed by atoms with Crippen LogP contribution in [0.15, 0.2) is 59.6 Å². The van der Waals surface area contributed by atoms with Gasteiger partial charge in [-0.1, -0.05) is 30.0 Å². The molecule has 0 spiro atoms. The first-order valence-electron chi connectivity index (χ1n) is 7.90. The topological polar surface area (TPSA) is 78.0 Å². The number of benzene rings is 2. The van der Waals surface area contributed by atoms with E-state index in [0.717, 1.165) is 12.1 Å². The van der Waals surface area contributed by atoms with Crippen molar-refractivity contribution in [3.8, 4) is 23.1 Å². The Hall–Kier alpha value is -3.09. The lowest BCUT2D eigenvalue weighted by Crippen LogP contribution is -2.11. The normalized spacial score (nSPS) is 11.8. The van der Waals surface area contributed by atoms with Crippen molar-refractivity contribution >= 4 is 10.0 Å². The Morgan fingerprint density at radius 1 is 1.07 bits per heavy atom. The fraction of sp³-hybridized carbons (Fsp3) is 0.105. The van der Waals surface area contributed by atoms with Gasteiger partial charge in [0.05, 0.1) is 27.9 Å². The summed E-state index contributed by atoms with van der Waals surface area (Å²) >= 11 is 0. The lowest BCUT2D eigenvalue weighted by molar-refractivity contribution is -0.137. The molecular formula is C19H14F3N3O2S. The maximum atomic E-state index is 13.0. The van der Waals surface area contributed by atoms with E-state index in [1.807, 2.05) is 0 Å². The molecule has 0 radical (unpaired) electrons. The van der Waals surface area contributed by atoms with Gasteiger partial charge in [0.25, 0.3) is 0 Å². The van der Waals surface area contributed by atoms with Crippen LogP contribution < -0.4 is 5.14 Å². The fourth-order valence-corrected chi connectivity index (χ4v) is 3.16. The van der Waals surface area contributed by atoms with Crippen molar-refractivity contribution in [1.82, 2.24) is 9.78 Å². The summed E-state index contributed by atoms with van der Waals surface area (Å²) in [5.74, 6) is 5.63. The molecule has 1 aromatic heterocycles. The molecule has 2 aromatic carbocycles. The van der Waals surface area contributed by atoms with Gasteiger partial charge in [0, 0.05) is 18.2 Å². The number of aryl methyl sites for hydroxylation is 1. The van der Waals surface area contributed by atoms with E-state index in [9.17, 15) is 21.6 Å². The van der Waals surface area contributed by atoms with Gasteiger partial charge in [0.1, 0.15) is 0 Å². The Balaban J connectivity index is 2.04. The third-order valence-electron chi connectivity index (χ3n) is 3.91. The number of nitrogens with zero attached hydrogens (tertiary/aromatic N) is 2. The van der Waals surface area contributed by atoms with Gasteiger partial charge in [-0.15, -0.1) is 0 Å². The van der Waals surface area contributed by atoms with Crippen molar-refractivity contribution in [3.63, 3.8) is 0 Å². The fourth-order valence-electron chi connectivity index (χ4n) is 2.60. The zero-order chi connectivity index (χ0) is 20.5. The molecule has 3 rings (SSSR count). The molecule has 0 fully saturated rings. The summed E-state index contributed by atoms with van der Waals surface area (Å²) in [6, 6.07) is 10.6. The molecule has 0 aliphatic heterocycles. The van der Waals surface area contributed by atoms with E-state index < -0.39 is 21.8 Å². The van der Waals surface area contributed by atoms with Gasteiger partial charge < -0.3 is 0 Å².